The Morgan fingerprint density at radius 2 is 2.04 bits per heavy atom. The first-order chi connectivity index (χ1) is 11.2. The van der Waals surface area contributed by atoms with Crippen LogP contribution in [-0.4, -0.2) is 21.7 Å². The number of aromatic nitrogens is 2. The van der Waals surface area contributed by atoms with E-state index in [1.54, 1.807) is 17.0 Å². The van der Waals surface area contributed by atoms with Crippen LogP contribution >= 0.6 is 0 Å². The molecule has 1 aliphatic rings. The van der Waals surface area contributed by atoms with E-state index in [0.717, 1.165) is 17.7 Å². The second-order valence-corrected chi connectivity index (χ2v) is 6.26. The van der Waals surface area contributed by atoms with Crippen molar-refractivity contribution in [3.8, 4) is 5.69 Å². The fraction of sp³-hybridized carbons (Fsp3) is 0.368. The molecule has 2 atom stereocenters. The fourth-order valence-electron chi connectivity index (χ4n) is 3.08. The summed E-state index contributed by atoms with van der Waals surface area (Å²) in [6, 6.07) is 10.2. The van der Waals surface area contributed by atoms with Crippen molar-refractivity contribution in [2.75, 3.05) is 0 Å². The van der Waals surface area contributed by atoms with Crippen molar-refractivity contribution in [1.82, 2.24) is 15.1 Å². The molecule has 0 radical (unpaired) electrons. The molecule has 1 N–H and O–H groups in total. The third-order valence-electron chi connectivity index (χ3n) is 4.49. The Labute approximate surface area is 137 Å². The van der Waals surface area contributed by atoms with E-state index in [0.29, 0.717) is 12.0 Å². The number of carbonyl (C=O) groups excluding carboxylic acids is 1. The van der Waals surface area contributed by atoms with Gasteiger partial charge in [-0.2, -0.15) is 5.10 Å². The highest BCUT2D eigenvalue weighted by atomic mass is 16.1. The van der Waals surface area contributed by atoms with Gasteiger partial charge >= 0.3 is 0 Å². The van der Waals surface area contributed by atoms with Gasteiger partial charge in [-0.15, -0.1) is 0 Å². The van der Waals surface area contributed by atoms with Crippen molar-refractivity contribution >= 4 is 12.0 Å². The van der Waals surface area contributed by atoms with Gasteiger partial charge in [0.05, 0.1) is 11.9 Å². The van der Waals surface area contributed by atoms with Crippen LogP contribution in [-0.2, 0) is 4.79 Å². The van der Waals surface area contributed by atoms with Gasteiger partial charge in [0.25, 0.3) is 0 Å². The lowest BCUT2D eigenvalue weighted by Gasteiger charge is -2.29. The highest BCUT2D eigenvalue weighted by molar-refractivity contribution is 5.91. The molecule has 0 saturated heterocycles. The summed E-state index contributed by atoms with van der Waals surface area (Å²) in [6.45, 7) is 2.22. The molecule has 0 spiro atoms. The van der Waals surface area contributed by atoms with Gasteiger partial charge in [-0.25, -0.2) is 4.68 Å². The van der Waals surface area contributed by atoms with Gasteiger partial charge < -0.3 is 5.32 Å². The van der Waals surface area contributed by atoms with Gasteiger partial charge in [-0.1, -0.05) is 38.0 Å². The van der Waals surface area contributed by atoms with Crippen LogP contribution in [0.3, 0.4) is 0 Å². The molecule has 1 saturated carbocycles. The number of hydrogen-bond acceptors (Lipinski definition) is 2. The lowest BCUT2D eigenvalue weighted by molar-refractivity contribution is -0.117. The lowest BCUT2D eigenvalue weighted by atomic mass is 9.86. The average molecular weight is 309 g/mol. The summed E-state index contributed by atoms with van der Waals surface area (Å²) in [6.07, 6.45) is 11.9. The fourth-order valence-corrected chi connectivity index (χ4v) is 3.08. The summed E-state index contributed by atoms with van der Waals surface area (Å²) >= 11 is 0. The van der Waals surface area contributed by atoms with Crippen LogP contribution in [0.15, 0.2) is 48.8 Å². The first-order valence-electron chi connectivity index (χ1n) is 8.31. The van der Waals surface area contributed by atoms with E-state index < -0.39 is 0 Å². The minimum atomic E-state index is -0.0174. The molecule has 1 aromatic carbocycles. The second kappa shape index (κ2) is 7.27. The molecule has 1 fully saturated rings. The highest BCUT2D eigenvalue weighted by Gasteiger charge is 2.21. The van der Waals surface area contributed by atoms with Crippen LogP contribution in [0.5, 0.6) is 0 Å². The largest absolute Gasteiger partial charge is 0.350 e. The molecule has 1 amide bonds. The number of hydrogen-bond donors (Lipinski definition) is 1. The van der Waals surface area contributed by atoms with Crippen molar-refractivity contribution in [3.05, 3.63) is 54.4 Å². The molecule has 1 heterocycles. The van der Waals surface area contributed by atoms with Gasteiger partial charge in [0.15, 0.2) is 0 Å². The van der Waals surface area contributed by atoms with Crippen molar-refractivity contribution in [2.24, 2.45) is 5.92 Å². The smallest absolute Gasteiger partial charge is 0.244 e. The van der Waals surface area contributed by atoms with E-state index in [2.05, 4.69) is 17.3 Å². The SMILES string of the molecule is C[C@H]1CCCC[C@@H]1NC(=O)/C=C/c1cnn(-c2ccccc2)c1. The molecule has 120 valence electrons. The monoisotopic (exact) mass is 309 g/mol. The van der Waals surface area contributed by atoms with Gasteiger partial charge in [-0.05, 0) is 37.0 Å². The Hall–Kier alpha value is -2.36. The van der Waals surface area contributed by atoms with Crippen LogP contribution in [0, 0.1) is 5.92 Å². The van der Waals surface area contributed by atoms with Crippen LogP contribution in [0.2, 0.25) is 0 Å². The molecule has 2 aromatic rings. The predicted molar refractivity (Wildman–Crippen MR) is 92.2 cm³/mol. The summed E-state index contributed by atoms with van der Waals surface area (Å²) < 4.78 is 1.81. The molecule has 4 nitrogen and oxygen atoms in total. The Bertz CT molecular complexity index is 675. The molecule has 23 heavy (non-hydrogen) atoms. The van der Waals surface area contributed by atoms with Crippen LogP contribution < -0.4 is 5.32 Å². The standard InChI is InChI=1S/C19H23N3O/c1-15-7-5-6-10-18(15)21-19(23)12-11-16-13-20-22(14-16)17-8-3-2-4-9-17/h2-4,8-9,11-15,18H,5-7,10H2,1H3,(H,21,23)/b12-11+/t15-,18-/m0/s1. The van der Waals surface area contributed by atoms with Crippen LogP contribution in [0.25, 0.3) is 11.8 Å². The zero-order chi connectivity index (χ0) is 16.1. The third-order valence-corrected chi connectivity index (χ3v) is 4.49. The Balaban J connectivity index is 1.59. The Kier molecular flexibility index (Phi) is 4.91. The maximum atomic E-state index is 12.1. The molecule has 1 aromatic heterocycles. The molecule has 1 aliphatic carbocycles. The average Bonchev–Trinajstić information content (AvgIpc) is 3.05. The topological polar surface area (TPSA) is 46.9 Å². The van der Waals surface area contributed by atoms with Crippen LogP contribution in [0.4, 0.5) is 0 Å². The number of amides is 1. The van der Waals surface area contributed by atoms with Crippen molar-refractivity contribution in [3.63, 3.8) is 0 Å². The van der Waals surface area contributed by atoms with E-state index in [9.17, 15) is 4.79 Å². The molecule has 0 unspecified atom stereocenters. The summed E-state index contributed by atoms with van der Waals surface area (Å²) in [5.74, 6) is 0.554. The summed E-state index contributed by atoms with van der Waals surface area (Å²) in [5.41, 5.74) is 1.92. The number of carbonyl (C=O) groups is 1. The number of benzene rings is 1. The maximum absolute atomic E-state index is 12.1. The minimum absolute atomic E-state index is 0.0174. The summed E-state index contributed by atoms with van der Waals surface area (Å²) in [5, 5.41) is 7.45. The van der Waals surface area contributed by atoms with E-state index in [-0.39, 0.29) is 5.91 Å². The summed E-state index contributed by atoms with van der Waals surface area (Å²) in [7, 11) is 0. The molecular weight excluding hydrogens is 286 g/mol. The second-order valence-electron chi connectivity index (χ2n) is 6.26. The van der Waals surface area contributed by atoms with E-state index in [1.807, 2.05) is 42.6 Å². The molecule has 3 rings (SSSR count). The zero-order valence-corrected chi connectivity index (χ0v) is 13.5. The predicted octanol–water partition coefficient (Wildman–Crippen LogP) is 3.58. The van der Waals surface area contributed by atoms with Crippen molar-refractivity contribution in [2.45, 2.75) is 38.6 Å². The molecule has 4 heteroatoms. The van der Waals surface area contributed by atoms with Crippen LogP contribution in [0.1, 0.15) is 38.2 Å². The van der Waals surface area contributed by atoms with Gasteiger partial charge in [0.1, 0.15) is 0 Å². The van der Waals surface area contributed by atoms with E-state index >= 15 is 0 Å². The third kappa shape index (κ3) is 4.09. The number of nitrogens with zero attached hydrogens (tertiary/aromatic N) is 2. The van der Waals surface area contributed by atoms with Gasteiger partial charge in [0.2, 0.25) is 5.91 Å². The number of para-hydroxylation sites is 1. The van der Waals surface area contributed by atoms with Crippen molar-refractivity contribution < 1.29 is 4.79 Å². The molecule has 0 aliphatic heterocycles. The number of nitrogens with one attached hydrogen (secondary N) is 1. The molecule has 0 bridgehead atoms. The van der Waals surface area contributed by atoms with Gasteiger partial charge in [-0.3, -0.25) is 4.79 Å². The number of rotatable bonds is 4. The lowest BCUT2D eigenvalue weighted by Crippen LogP contribution is -2.40. The van der Waals surface area contributed by atoms with E-state index in [4.69, 9.17) is 0 Å². The van der Waals surface area contributed by atoms with Crippen molar-refractivity contribution in [1.29, 1.82) is 0 Å². The first-order valence-corrected chi connectivity index (χ1v) is 8.31. The molecular formula is C19H23N3O. The quantitative estimate of drug-likeness (QED) is 0.878. The Morgan fingerprint density at radius 1 is 1.26 bits per heavy atom. The van der Waals surface area contributed by atoms with Gasteiger partial charge in [0, 0.05) is 23.9 Å². The highest BCUT2D eigenvalue weighted by Crippen LogP contribution is 2.23. The zero-order valence-electron chi connectivity index (χ0n) is 13.5. The summed E-state index contributed by atoms with van der Waals surface area (Å²) in [4.78, 5) is 12.1. The maximum Gasteiger partial charge on any atom is 0.244 e. The first kappa shape index (κ1) is 15.5. The normalized spacial score (nSPS) is 21.4. The Morgan fingerprint density at radius 3 is 2.83 bits per heavy atom. The van der Waals surface area contributed by atoms with E-state index in [1.165, 1.54) is 19.3 Å². The minimum Gasteiger partial charge on any atom is -0.350 e.